The maximum absolute atomic E-state index is 13.0. The predicted octanol–water partition coefficient (Wildman–Crippen LogP) is 2.52. The van der Waals surface area contributed by atoms with Crippen molar-refractivity contribution >= 4 is 27.9 Å². The highest BCUT2D eigenvalue weighted by Crippen LogP contribution is 2.22. The fourth-order valence-corrected chi connectivity index (χ4v) is 5.93. The molecule has 0 N–H and O–H groups in total. The first-order chi connectivity index (χ1) is 15.5. The van der Waals surface area contributed by atoms with Gasteiger partial charge in [-0.15, -0.1) is 11.8 Å². The molecule has 2 saturated heterocycles. The van der Waals surface area contributed by atoms with Crippen LogP contribution < -0.4 is 0 Å². The minimum atomic E-state index is -3.54. The number of ether oxygens (including phenoxy) is 1. The Kier molecular flexibility index (Phi) is 7.67. The normalized spacial score (nSPS) is 18.1. The number of pyridine rings is 1. The van der Waals surface area contributed by atoms with Crippen LogP contribution in [0.25, 0.3) is 0 Å². The average Bonchev–Trinajstić information content (AvgIpc) is 3.23. The zero-order valence-corrected chi connectivity index (χ0v) is 19.6. The van der Waals surface area contributed by atoms with Gasteiger partial charge >= 0.3 is 6.09 Å². The van der Waals surface area contributed by atoms with Gasteiger partial charge < -0.3 is 9.64 Å². The highest BCUT2D eigenvalue weighted by atomic mass is 32.2. The van der Waals surface area contributed by atoms with Crippen molar-refractivity contribution < 1.29 is 17.9 Å². The minimum absolute atomic E-state index is 0.234. The molecule has 32 heavy (non-hydrogen) atoms. The Bertz CT molecular complexity index is 994. The highest BCUT2D eigenvalue weighted by molar-refractivity contribution is 7.99. The fraction of sp³-hybridized carbons (Fsp3) is 0.455. The summed E-state index contributed by atoms with van der Waals surface area (Å²) in [6.07, 6.45) is 2.03. The second-order valence-corrected chi connectivity index (χ2v) is 10.9. The molecule has 1 aromatic carbocycles. The Morgan fingerprint density at radius 2 is 1.78 bits per heavy atom. The van der Waals surface area contributed by atoms with Gasteiger partial charge in [0.1, 0.15) is 11.5 Å². The molecule has 0 saturated carbocycles. The Morgan fingerprint density at radius 3 is 2.44 bits per heavy atom. The zero-order valence-electron chi connectivity index (χ0n) is 17.9. The number of rotatable bonds is 9. The van der Waals surface area contributed by atoms with Crippen LogP contribution in [0.1, 0.15) is 12.0 Å². The van der Waals surface area contributed by atoms with Crippen molar-refractivity contribution in [3.05, 3.63) is 54.2 Å². The van der Waals surface area contributed by atoms with E-state index in [4.69, 9.17) is 4.74 Å². The number of cyclic esters (lactones) is 1. The number of carbonyl (C=O) groups is 1. The largest absolute Gasteiger partial charge is 0.448 e. The van der Waals surface area contributed by atoms with Gasteiger partial charge in [0, 0.05) is 51.2 Å². The summed E-state index contributed by atoms with van der Waals surface area (Å²) in [4.78, 5) is 20.0. The maximum atomic E-state index is 13.0. The fourth-order valence-electron chi connectivity index (χ4n) is 3.78. The van der Waals surface area contributed by atoms with E-state index in [2.05, 4.69) is 22.0 Å². The highest BCUT2D eigenvalue weighted by Gasteiger charge is 2.28. The molecule has 0 radical (unpaired) electrons. The van der Waals surface area contributed by atoms with Gasteiger partial charge in [-0.1, -0.05) is 30.3 Å². The molecule has 0 atom stereocenters. The van der Waals surface area contributed by atoms with Crippen molar-refractivity contribution in [3.63, 3.8) is 0 Å². The van der Waals surface area contributed by atoms with Gasteiger partial charge in [-0.05, 0) is 24.1 Å². The second-order valence-electron chi connectivity index (χ2n) is 7.80. The average molecular weight is 477 g/mol. The van der Waals surface area contributed by atoms with Crippen LogP contribution in [-0.2, 0) is 21.3 Å². The lowest BCUT2D eigenvalue weighted by molar-refractivity contribution is 0.158. The van der Waals surface area contributed by atoms with Gasteiger partial charge in [0.25, 0.3) is 0 Å². The summed E-state index contributed by atoms with van der Waals surface area (Å²) in [7, 11) is -3.54. The van der Waals surface area contributed by atoms with Crippen LogP contribution in [0, 0.1) is 0 Å². The number of benzene rings is 1. The monoisotopic (exact) mass is 476 g/mol. The number of nitrogens with zero attached hydrogens (tertiary/aromatic N) is 4. The molecule has 8 nitrogen and oxygen atoms in total. The molecule has 1 aromatic heterocycles. The lowest BCUT2D eigenvalue weighted by Gasteiger charge is -2.33. The minimum Gasteiger partial charge on any atom is -0.448 e. The van der Waals surface area contributed by atoms with Crippen molar-refractivity contribution in [3.8, 4) is 0 Å². The molecular formula is C22H28N4O4S2. The van der Waals surface area contributed by atoms with Crippen molar-refractivity contribution in [1.29, 1.82) is 0 Å². The van der Waals surface area contributed by atoms with Crippen LogP contribution in [0.15, 0.2) is 58.6 Å². The smallest absolute Gasteiger partial charge is 0.409 e. The first-order valence-corrected chi connectivity index (χ1v) is 13.2. The number of carbonyl (C=O) groups excluding carboxylic acids is 1. The molecule has 10 heteroatoms. The topological polar surface area (TPSA) is 83.0 Å². The predicted molar refractivity (Wildman–Crippen MR) is 123 cm³/mol. The Labute approximate surface area is 193 Å². The van der Waals surface area contributed by atoms with Gasteiger partial charge in [-0.2, -0.15) is 4.31 Å². The number of sulfonamides is 1. The van der Waals surface area contributed by atoms with Gasteiger partial charge in [0.2, 0.25) is 10.0 Å². The third-order valence-electron chi connectivity index (χ3n) is 5.59. The Balaban J connectivity index is 1.24. The van der Waals surface area contributed by atoms with Crippen molar-refractivity contribution in [2.24, 2.45) is 0 Å². The van der Waals surface area contributed by atoms with Gasteiger partial charge in [-0.3, -0.25) is 4.90 Å². The molecule has 1 amide bonds. The summed E-state index contributed by atoms with van der Waals surface area (Å²) in [5.41, 5.74) is 1.24. The van der Waals surface area contributed by atoms with Crippen LogP contribution >= 0.6 is 11.8 Å². The van der Waals surface area contributed by atoms with E-state index in [0.29, 0.717) is 45.9 Å². The van der Waals surface area contributed by atoms with E-state index in [-0.39, 0.29) is 11.0 Å². The molecule has 0 unspecified atom stereocenters. The van der Waals surface area contributed by atoms with Gasteiger partial charge in [0.05, 0.1) is 11.6 Å². The number of thioether (sulfide) groups is 1. The summed E-state index contributed by atoms with van der Waals surface area (Å²) in [6.45, 7) is 4.98. The van der Waals surface area contributed by atoms with E-state index in [1.54, 1.807) is 33.1 Å². The lowest BCUT2D eigenvalue weighted by atomic mass is 10.2. The maximum Gasteiger partial charge on any atom is 0.409 e. The lowest BCUT2D eigenvalue weighted by Crippen LogP contribution is -2.48. The number of hydrogen-bond acceptors (Lipinski definition) is 7. The Morgan fingerprint density at radius 1 is 1.00 bits per heavy atom. The summed E-state index contributed by atoms with van der Waals surface area (Å²) in [6, 6.07) is 13.6. The van der Waals surface area contributed by atoms with Crippen LogP contribution in [0.2, 0.25) is 0 Å². The molecule has 2 aromatic rings. The second kappa shape index (κ2) is 10.7. The molecule has 2 aliphatic heterocycles. The van der Waals surface area contributed by atoms with Crippen molar-refractivity contribution in [2.75, 3.05) is 51.6 Å². The first-order valence-electron chi connectivity index (χ1n) is 10.8. The number of aromatic nitrogens is 1. The van der Waals surface area contributed by atoms with Crippen LogP contribution in [-0.4, -0.2) is 85.2 Å². The molecule has 4 rings (SSSR count). The molecule has 0 bridgehead atoms. The standard InChI is InChI=1S/C22H28N4O4S2/c27-22-25(14-15-30-22)9-4-16-31-21-8-7-20(17-23-21)32(28,29)26-12-10-24(11-13-26)18-19-5-2-1-3-6-19/h1-3,5-8,17H,4,9-16,18H2. The number of amides is 1. The molecule has 172 valence electrons. The molecule has 2 fully saturated rings. The third kappa shape index (κ3) is 5.80. The quantitative estimate of drug-likeness (QED) is 0.406. The summed E-state index contributed by atoms with van der Waals surface area (Å²) >= 11 is 1.56. The van der Waals surface area contributed by atoms with Crippen LogP contribution in [0.5, 0.6) is 0 Å². The van der Waals surface area contributed by atoms with Gasteiger partial charge in [-0.25, -0.2) is 18.2 Å². The van der Waals surface area contributed by atoms with E-state index >= 15 is 0 Å². The van der Waals surface area contributed by atoms with E-state index < -0.39 is 10.0 Å². The number of piperazine rings is 1. The van der Waals surface area contributed by atoms with Crippen LogP contribution in [0.3, 0.4) is 0 Å². The van der Waals surface area contributed by atoms with E-state index in [9.17, 15) is 13.2 Å². The Hall–Kier alpha value is -2.14. The number of hydrogen-bond donors (Lipinski definition) is 0. The van der Waals surface area contributed by atoms with E-state index in [1.807, 2.05) is 18.2 Å². The molecule has 0 aliphatic carbocycles. The summed E-state index contributed by atoms with van der Waals surface area (Å²) in [5.74, 6) is 0.798. The van der Waals surface area contributed by atoms with E-state index in [1.165, 1.54) is 11.8 Å². The molecular weight excluding hydrogens is 448 g/mol. The van der Waals surface area contributed by atoms with Crippen molar-refractivity contribution in [2.45, 2.75) is 22.9 Å². The van der Waals surface area contributed by atoms with E-state index in [0.717, 1.165) is 23.7 Å². The third-order valence-corrected chi connectivity index (χ3v) is 8.51. The SMILES string of the molecule is O=C1OCCN1CCCSc1ccc(S(=O)(=O)N2CCN(Cc3ccccc3)CC2)cn1. The van der Waals surface area contributed by atoms with Gasteiger partial charge in [0.15, 0.2) is 0 Å². The zero-order chi connectivity index (χ0) is 22.4. The van der Waals surface area contributed by atoms with Crippen molar-refractivity contribution in [1.82, 2.24) is 19.1 Å². The van der Waals surface area contributed by atoms with Crippen LogP contribution in [0.4, 0.5) is 4.79 Å². The molecule has 0 spiro atoms. The molecule has 2 aliphatic rings. The molecule has 3 heterocycles. The summed E-state index contributed by atoms with van der Waals surface area (Å²) in [5, 5.41) is 0.778. The summed E-state index contributed by atoms with van der Waals surface area (Å²) < 4.78 is 32.5. The first kappa shape index (κ1) is 23.0.